The second-order valence-electron chi connectivity index (χ2n) is 9.40. The highest BCUT2D eigenvalue weighted by molar-refractivity contribution is 5.89. The number of hydrogen-bond acceptors (Lipinski definition) is 8. The molecule has 4 rings (SSSR count). The number of methoxy groups -OCH3 is 1. The van der Waals surface area contributed by atoms with Gasteiger partial charge in [0.05, 0.1) is 18.4 Å². The molecule has 0 radical (unpaired) electrons. The number of ether oxygens (including phenoxy) is 2. The minimum atomic E-state index is -4.68. The molecular weight excluding hydrogens is 527 g/mol. The molecule has 40 heavy (non-hydrogen) atoms. The maximum atomic E-state index is 13.8. The van der Waals surface area contributed by atoms with Crippen LogP contribution in [-0.4, -0.2) is 41.0 Å². The Balaban J connectivity index is 1.52. The van der Waals surface area contributed by atoms with Crippen molar-refractivity contribution in [1.82, 2.24) is 15.3 Å². The molecule has 0 spiro atoms. The van der Waals surface area contributed by atoms with E-state index in [9.17, 15) is 22.8 Å². The Kier molecular flexibility index (Phi) is 9.08. The van der Waals surface area contributed by atoms with Crippen molar-refractivity contribution in [3.8, 4) is 5.75 Å². The van der Waals surface area contributed by atoms with E-state index in [-0.39, 0.29) is 30.3 Å². The summed E-state index contributed by atoms with van der Waals surface area (Å²) in [6, 6.07) is 12.8. The van der Waals surface area contributed by atoms with Crippen LogP contribution in [0.25, 0.3) is 0 Å². The zero-order valence-corrected chi connectivity index (χ0v) is 22.0. The fourth-order valence-electron chi connectivity index (χ4n) is 4.53. The number of amides is 1. The summed E-state index contributed by atoms with van der Waals surface area (Å²) in [7, 11) is 1.44. The zero-order chi connectivity index (χ0) is 28.7. The average molecular weight is 558 g/mol. The second kappa shape index (κ2) is 12.7. The molecule has 0 aliphatic heterocycles. The molecule has 0 bridgehead atoms. The lowest BCUT2D eigenvalue weighted by atomic mass is 9.90. The summed E-state index contributed by atoms with van der Waals surface area (Å²) in [5.41, 5.74) is 0.463. The van der Waals surface area contributed by atoms with Crippen molar-refractivity contribution >= 4 is 29.3 Å². The normalized spacial score (nSPS) is 17.0. The summed E-state index contributed by atoms with van der Waals surface area (Å²) in [5, 5.41) is 8.64. The molecule has 1 saturated carbocycles. The summed E-state index contributed by atoms with van der Waals surface area (Å²) in [6.07, 6.45) is -1.05. The van der Waals surface area contributed by atoms with Crippen LogP contribution >= 0.6 is 0 Å². The smallest absolute Gasteiger partial charge is 0.421 e. The van der Waals surface area contributed by atoms with Crippen LogP contribution in [0.4, 0.5) is 30.6 Å². The van der Waals surface area contributed by atoms with Gasteiger partial charge in [-0.2, -0.15) is 18.2 Å². The summed E-state index contributed by atoms with van der Waals surface area (Å²) < 4.78 is 52.2. The van der Waals surface area contributed by atoms with Gasteiger partial charge in [-0.1, -0.05) is 37.1 Å². The van der Waals surface area contributed by atoms with Crippen molar-refractivity contribution < 1.29 is 32.2 Å². The van der Waals surface area contributed by atoms with Crippen LogP contribution in [-0.2, 0) is 22.3 Å². The number of aromatic nitrogens is 2. The zero-order valence-electron chi connectivity index (χ0n) is 22.0. The molecule has 2 atom stereocenters. The van der Waals surface area contributed by atoms with E-state index in [1.807, 2.05) is 0 Å². The molecule has 1 aliphatic carbocycles. The maximum Gasteiger partial charge on any atom is 0.421 e. The molecule has 1 fully saturated rings. The van der Waals surface area contributed by atoms with Crippen molar-refractivity contribution in [3.63, 3.8) is 0 Å². The summed E-state index contributed by atoms with van der Waals surface area (Å²) in [4.78, 5) is 31.9. The largest absolute Gasteiger partial charge is 0.495 e. The number of rotatable bonds is 9. The van der Waals surface area contributed by atoms with Crippen LogP contribution < -0.4 is 20.7 Å². The summed E-state index contributed by atoms with van der Waals surface area (Å²) in [6.45, 7) is 1.37. The van der Waals surface area contributed by atoms with Crippen LogP contribution in [0.5, 0.6) is 5.75 Å². The van der Waals surface area contributed by atoms with Gasteiger partial charge in [0.1, 0.15) is 23.7 Å². The lowest BCUT2D eigenvalue weighted by Crippen LogP contribution is -2.48. The molecule has 2 unspecified atom stereocenters. The first-order chi connectivity index (χ1) is 19.1. The summed E-state index contributed by atoms with van der Waals surface area (Å²) >= 11 is 0. The minimum Gasteiger partial charge on any atom is -0.495 e. The topological polar surface area (TPSA) is 114 Å². The third kappa shape index (κ3) is 7.39. The summed E-state index contributed by atoms with van der Waals surface area (Å²) in [5.74, 6) is -0.826. The van der Waals surface area contributed by atoms with Crippen LogP contribution in [0.15, 0.2) is 54.7 Å². The molecule has 9 nitrogen and oxygen atoms in total. The van der Waals surface area contributed by atoms with E-state index in [2.05, 4.69) is 25.9 Å². The Hall–Kier alpha value is -4.35. The molecule has 2 aromatic carbocycles. The number of halogens is 3. The van der Waals surface area contributed by atoms with Crippen LogP contribution in [0.1, 0.15) is 54.1 Å². The Morgan fingerprint density at radius 1 is 1.05 bits per heavy atom. The molecule has 12 heteroatoms. The number of benzene rings is 2. The van der Waals surface area contributed by atoms with Crippen molar-refractivity contribution in [2.45, 2.75) is 57.5 Å². The molecule has 3 aromatic rings. The van der Waals surface area contributed by atoms with Gasteiger partial charge >= 0.3 is 12.1 Å². The van der Waals surface area contributed by atoms with E-state index < -0.39 is 23.8 Å². The highest BCUT2D eigenvalue weighted by Crippen LogP contribution is 2.36. The molecule has 212 valence electrons. The van der Waals surface area contributed by atoms with Gasteiger partial charge in [0.15, 0.2) is 0 Å². The second-order valence-corrected chi connectivity index (χ2v) is 9.40. The standard InChI is InChI=1S/C28H30F3N5O4/c1-17(37)33-21-10-6-7-11-22(21)34-25-20(28(29,30)31)15-32-27(36-25)35-23-13-12-18(14-24(23)39-2)16-40-26(38)19-8-4-3-5-9-19/h3-5,8-9,12-15,21-22H,6-7,10-11,16H2,1-2H3,(H,33,37)(H2,32,34,35,36). The monoisotopic (exact) mass is 557 g/mol. The highest BCUT2D eigenvalue weighted by atomic mass is 19.4. The molecule has 3 N–H and O–H groups in total. The van der Waals surface area contributed by atoms with Gasteiger partial charge in [0, 0.05) is 25.2 Å². The Morgan fingerprint density at radius 2 is 1.77 bits per heavy atom. The number of alkyl halides is 3. The number of esters is 1. The fraction of sp³-hybridized carbons (Fsp3) is 0.357. The van der Waals surface area contributed by atoms with Gasteiger partial charge < -0.3 is 25.4 Å². The van der Waals surface area contributed by atoms with Crippen molar-refractivity contribution in [1.29, 1.82) is 0 Å². The third-order valence-corrected chi connectivity index (χ3v) is 6.46. The molecule has 1 aliphatic rings. The van der Waals surface area contributed by atoms with Gasteiger partial charge in [0.2, 0.25) is 11.9 Å². The van der Waals surface area contributed by atoms with Crippen LogP contribution in [0, 0.1) is 0 Å². The molecule has 1 aromatic heterocycles. The van der Waals surface area contributed by atoms with E-state index in [0.717, 1.165) is 19.0 Å². The van der Waals surface area contributed by atoms with Gasteiger partial charge in [-0.3, -0.25) is 4.79 Å². The average Bonchev–Trinajstić information content (AvgIpc) is 2.93. The van der Waals surface area contributed by atoms with Crippen molar-refractivity contribution in [2.75, 3.05) is 17.7 Å². The van der Waals surface area contributed by atoms with Gasteiger partial charge in [0.25, 0.3) is 0 Å². The molecule has 0 saturated heterocycles. The van der Waals surface area contributed by atoms with Gasteiger partial charge in [-0.15, -0.1) is 0 Å². The SMILES string of the molecule is COc1cc(COC(=O)c2ccccc2)ccc1Nc1ncc(C(F)(F)F)c(NC2CCCCC2NC(C)=O)n1. The highest BCUT2D eigenvalue weighted by Gasteiger charge is 2.37. The third-order valence-electron chi connectivity index (χ3n) is 6.46. The number of carbonyl (C=O) groups is 2. The van der Waals surface area contributed by atoms with Crippen LogP contribution in [0.3, 0.4) is 0 Å². The van der Waals surface area contributed by atoms with Crippen molar-refractivity contribution in [3.05, 3.63) is 71.4 Å². The van der Waals surface area contributed by atoms with E-state index in [0.29, 0.717) is 35.4 Å². The maximum absolute atomic E-state index is 13.8. The van der Waals surface area contributed by atoms with E-state index in [1.54, 1.807) is 48.5 Å². The number of anilines is 3. The van der Waals surface area contributed by atoms with Crippen molar-refractivity contribution in [2.24, 2.45) is 0 Å². The predicted octanol–water partition coefficient (Wildman–Crippen LogP) is 5.46. The number of nitrogens with one attached hydrogen (secondary N) is 3. The Labute approximate surface area is 229 Å². The number of hydrogen-bond donors (Lipinski definition) is 3. The van der Waals surface area contributed by atoms with E-state index in [4.69, 9.17) is 9.47 Å². The first-order valence-corrected chi connectivity index (χ1v) is 12.8. The molecule has 1 heterocycles. The Morgan fingerprint density at radius 3 is 2.45 bits per heavy atom. The van der Waals surface area contributed by atoms with Crippen LogP contribution in [0.2, 0.25) is 0 Å². The quantitative estimate of drug-likeness (QED) is 0.297. The fourth-order valence-corrected chi connectivity index (χ4v) is 4.53. The first-order valence-electron chi connectivity index (χ1n) is 12.8. The number of nitrogens with zero attached hydrogens (tertiary/aromatic N) is 2. The lowest BCUT2D eigenvalue weighted by Gasteiger charge is -2.33. The van der Waals surface area contributed by atoms with Gasteiger partial charge in [-0.25, -0.2) is 9.78 Å². The number of carbonyl (C=O) groups excluding carboxylic acids is 2. The molecule has 1 amide bonds. The van der Waals surface area contributed by atoms with E-state index in [1.165, 1.54) is 14.0 Å². The lowest BCUT2D eigenvalue weighted by molar-refractivity contribution is -0.137. The Bertz CT molecular complexity index is 1340. The first kappa shape index (κ1) is 28.7. The molecular formula is C28H30F3N5O4. The predicted molar refractivity (Wildman–Crippen MR) is 142 cm³/mol. The van der Waals surface area contributed by atoms with Gasteiger partial charge in [-0.05, 0) is 42.7 Å². The van der Waals surface area contributed by atoms with E-state index >= 15 is 0 Å². The minimum absolute atomic E-state index is 0.00787.